The lowest BCUT2D eigenvalue weighted by Crippen LogP contribution is -2.11. The standard InChI is InChI=1S/C11H10BrClN4O/c12-9-5-15-11(17-14)16-10(9)18-6-7-1-3-8(13)4-2-7/h1-5H,6,14H2,(H,15,16,17). The largest absolute Gasteiger partial charge is 0.472 e. The Morgan fingerprint density at radius 1 is 1.33 bits per heavy atom. The molecule has 0 saturated carbocycles. The van der Waals surface area contributed by atoms with E-state index in [4.69, 9.17) is 22.2 Å². The molecular weight excluding hydrogens is 320 g/mol. The molecule has 0 saturated heterocycles. The molecule has 0 bridgehead atoms. The van der Waals surface area contributed by atoms with E-state index in [1.807, 2.05) is 24.3 Å². The number of nitrogens with two attached hydrogens (primary N) is 1. The Balaban J connectivity index is 2.07. The third kappa shape index (κ3) is 3.32. The molecule has 1 aromatic heterocycles. The third-order valence-electron chi connectivity index (χ3n) is 2.13. The van der Waals surface area contributed by atoms with Crippen LogP contribution in [-0.2, 0) is 6.61 Å². The minimum Gasteiger partial charge on any atom is -0.472 e. The second-order valence-corrected chi connectivity index (χ2v) is 4.70. The van der Waals surface area contributed by atoms with Gasteiger partial charge in [0.15, 0.2) is 0 Å². The number of nitrogen functional groups attached to an aromatic ring is 1. The van der Waals surface area contributed by atoms with Gasteiger partial charge in [0.25, 0.3) is 0 Å². The summed E-state index contributed by atoms with van der Waals surface area (Å²) in [4.78, 5) is 8.01. The molecule has 0 spiro atoms. The molecule has 0 aliphatic carbocycles. The summed E-state index contributed by atoms with van der Waals surface area (Å²) in [5.41, 5.74) is 3.35. The van der Waals surface area contributed by atoms with Gasteiger partial charge in [-0.15, -0.1) is 0 Å². The van der Waals surface area contributed by atoms with Crippen molar-refractivity contribution >= 4 is 33.5 Å². The number of aromatic nitrogens is 2. The molecule has 0 aliphatic heterocycles. The van der Waals surface area contributed by atoms with E-state index in [2.05, 4.69) is 31.3 Å². The fourth-order valence-electron chi connectivity index (χ4n) is 1.25. The van der Waals surface area contributed by atoms with Crippen molar-refractivity contribution in [3.05, 3.63) is 45.5 Å². The van der Waals surface area contributed by atoms with Gasteiger partial charge in [0.1, 0.15) is 6.61 Å². The van der Waals surface area contributed by atoms with Gasteiger partial charge in [-0.05, 0) is 33.6 Å². The van der Waals surface area contributed by atoms with Crippen molar-refractivity contribution in [2.75, 3.05) is 5.43 Å². The average molecular weight is 330 g/mol. The first-order chi connectivity index (χ1) is 8.69. The molecule has 0 amide bonds. The molecule has 7 heteroatoms. The van der Waals surface area contributed by atoms with Crippen LogP contribution in [0.15, 0.2) is 34.9 Å². The molecule has 3 N–H and O–H groups in total. The molecule has 2 aromatic rings. The van der Waals surface area contributed by atoms with Crippen molar-refractivity contribution in [3.8, 4) is 5.88 Å². The molecule has 0 fully saturated rings. The summed E-state index contributed by atoms with van der Waals surface area (Å²) in [5, 5.41) is 0.691. The lowest BCUT2D eigenvalue weighted by atomic mass is 10.2. The number of ether oxygens (including phenoxy) is 1. The van der Waals surface area contributed by atoms with Crippen LogP contribution >= 0.6 is 27.5 Å². The Morgan fingerprint density at radius 3 is 2.72 bits per heavy atom. The van der Waals surface area contributed by atoms with E-state index in [0.717, 1.165) is 5.56 Å². The van der Waals surface area contributed by atoms with Crippen LogP contribution in [-0.4, -0.2) is 9.97 Å². The normalized spacial score (nSPS) is 10.2. The Kier molecular flexibility index (Phi) is 4.35. The molecule has 5 nitrogen and oxygen atoms in total. The van der Waals surface area contributed by atoms with Gasteiger partial charge >= 0.3 is 0 Å². The molecule has 1 heterocycles. The van der Waals surface area contributed by atoms with Crippen LogP contribution in [0.4, 0.5) is 5.95 Å². The minimum absolute atomic E-state index is 0.296. The second kappa shape index (κ2) is 5.99. The SMILES string of the molecule is NNc1ncc(Br)c(OCc2ccc(Cl)cc2)n1. The second-order valence-electron chi connectivity index (χ2n) is 3.41. The number of hydrazine groups is 1. The number of benzene rings is 1. The van der Waals surface area contributed by atoms with E-state index in [-0.39, 0.29) is 0 Å². The number of halogens is 2. The fourth-order valence-corrected chi connectivity index (χ4v) is 1.69. The van der Waals surface area contributed by atoms with Gasteiger partial charge in [-0.3, -0.25) is 5.43 Å². The molecule has 18 heavy (non-hydrogen) atoms. The number of nitrogens with zero attached hydrogens (tertiary/aromatic N) is 2. The molecule has 1 aromatic carbocycles. The first-order valence-corrected chi connectivity index (χ1v) is 6.22. The Bertz CT molecular complexity index is 535. The molecule has 0 atom stereocenters. The Labute approximate surface area is 117 Å². The Hall–Kier alpha value is -1.37. The summed E-state index contributed by atoms with van der Waals surface area (Å²) in [6.45, 7) is 0.386. The monoisotopic (exact) mass is 328 g/mol. The van der Waals surface area contributed by atoms with E-state index >= 15 is 0 Å². The highest BCUT2D eigenvalue weighted by molar-refractivity contribution is 9.10. The first kappa shape index (κ1) is 13.1. The highest BCUT2D eigenvalue weighted by atomic mass is 79.9. The van der Waals surface area contributed by atoms with Gasteiger partial charge in [-0.2, -0.15) is 4.98 Å². The molecule has 0 aliphatic rings. The smallest absolute Gasteiger partial charge is 0.240 e. The van der Waals surface area contributed by atoms with Crippen molar-refractivity contribution in [2.24, 2.45) is 5.84 Å². The quantitative estimate of drug-likeness (QED) is 0.666. The van der Waals surface area contributed by atoms with Crippen LogP contribution in [0.25, 0.3) is 0 Å². The van der Waals surface area contributed by atoms with Crippen LogP contribution in [0.5, 0.6) is 5.88 Å². The van der Waals surface area contributed by atoms with Crippen molar-refractivity contribution in [1.82, 2.24) is 9.97 Å². The zero-order valence-corrected chi connectivity index (χ0v) is 11.6. The van der Waals surface area contributed by atoms with Crippen molar-refractivity contribution in [3.63, 3.8) is 0 Å². The van der Waals surface area contributed by atoms with Gasteiger partial charge in [-0.25, -0.2) is 10.8 Å². The maximum atomic E-state index is 5.80. The van der Waals surface area contributed by atoms with E-state index in [0.29, 0.717) is 27.9 Å². The summed E-state index contributed by atoms with van der Waals surface area (Å²) in [6, 6.07) is 7.39. The lowest BCUT2D eigenvalue weighted by molar-refractivity contribution is 0.291. The minimum atomic E-state index is 0.296. The molecule has 0 unspecified atom stereocenters. The highest BCUT2D eigenvalue weighted by Crippen LogP contribution is 2.23. The maximum absolute atomic E-state index is 5.80. The van der Waals surface area contributed by atoms with Crippen LogP contribution in [0.2, 0.25) is 5.02 Å². The van der Waals surface area contributed by atoms with Crippen LogP contribution in [0, 0.1) is 0 Å². The van der Waals surface area contributed by atoms with Gasteiger partial charge in [0.05, 0.1) is 10.7 Å². The number of hydrogen-bond acceptors (Lipinski definition) is 5. The van der Waals surface area contributed by atoms with Crippen molar-refractivity contribution in [2.45, 2.75) is 6.61 Å². The summed E-state index contributed by atoms with van der Waals surface area (Å²) in [6.07, 6.45) is 1.57. The van der Waals surface area contributed by atoms with E-state index in [9.17, 15) is 0 Å². The average Bonchev–Trinajstić information content (AvgIpc) is 2.40. The van der Waals surface area contributed by atoms with Gasteiger partial charge in [-0.1, -0.05) is 23.7 Å². The van der Waals surface area contributed by atoms with Crippen LogP contribution in [0.3, 0.4) is 0 Å². The van der Waals surface area contributed by atoms with E-state index in [1.165, 1.54) is 0 Å². The number of rotatable bonds is 4. The van der Waals surface area contributed by atoms with Crippen molar-refractivity contribution in [1.29, 1.82) is 0 Å². The highest BCUT2D eigenvalue weighted by Gasteiger charge is 2.06. The molecule has 0 radical (unpaired) electrons. The van der Waals surface area contributed by atoms with Crippen molar-refractivity contribution < 1.29 is 4.74 Å². The molecule has 2 rings (SSSR count). The summed E-state index contributed by atoms with van der Waals surface area (Å²) >= 11 is 9.11. The molecular formula is C11H10BrClN4O. The predicted octanol–water partition coefficient (Wildman–Crippen LogP) is 2.76. The number of anilines is 1. The number of nitrogens with one attached hydrogen (secondary N) is 1. The topological polar surface area (TPSA) is 73.1 Å². The first-order valence-electron chi connectivity index (χ1n) is 5.05. The van der Waals surface area contributed by atoms with Gasteiger partial charge in [0.2, 0.25) is 11.8 Å². The summed E-state index contributed by atoms with van der Waals surface area (Å²) in [7, 11) is 0. The maximum Gasteiger partial charge on any atom is 0.240 e. The number of hydrogen-bond donors (Lipinski definition) is 2. The van der Waals surface area contributed by atoms with Gasteiger partial charge in [0, 0.05) is 5.02 Å². The summed E-state index contributed by atoms with van der Waals surface area (Å²) < 4.78 is 6.23. The van der Waals surface area contributed by atoms with E-state index in [1.54, 1.807) is 6.20 Å². The zero-order chi connectivity index (χ0) is 13.0. The third-order valence-corrected chi connectivity index (χ3v) is 2.93. The van der Waals surface area contributed by atoms with Gasteiger partial charge < -0.3 is 4.74 Å². The summed E-state index contributed by atoms with van der Waals surface area (Å²) in [5.74, 6) is 5.95. The van der Waals surface area contributed by atoms with Crippen LogP contribution in [0.1, 0.15) is 5.56 Å². The molecule has 94 valence electrons. The Morgan fingerprint density at radius 2 is 2.06 bits per heavy atom. The van der Waals surface area contributed by atoms with E-state index < -0.39 is 0 Å². The van der Waals surface area contributed by atoms with Crippen LogP contribution < -0.4 is 16.0 Å². The fraction of sp³-hybridized carbons (Fsp3) is 0.0909. The lowest BCUT2D eigenvalue weighted by Gasteiger charge is -2.08. The zero-order valence-electron chi connectivity index (χ0n) is 9.23. The predicted molar refractivity (Wildman–Crippen MR) is 73.3 cm³/mol.